The smallest absolute Gasteiger partial charge is 0.247 e. The van der Waals surface area contributed by atoms with Gasteiger partial charge in [0, 0.05) is 38.2 Å². The van der Waals surface area contributed by atoms with Crippen molar-refractivity contribution in [3.63, 3.8) is 0 Å². The van der Waals surface area contributed by atoms with Crippen molar-refractivity contribution < 1.29 is 19.2 Å². The Bertz CT molecular complexity index is 1210. The molecule has 0 bridgehead atoms. The van der Waals surface area contributed by atoms with Crippen molar-refractivity contribution in [2.24, 2.45) is 0 Å². The molecule has 1 fully saturated rings. The normalized spacial score (nSPS) is 15.7. The molecule has 0 aliphatic carbocycles. The molecular formula is C31H45N5O4S2. The molecular weight excluding hydrogens is 571 g/mol. The summed E-state index contributed by atoms with van der Waals surface area (Å²) in [6.07, 6.45) is 5.32. The second kappa shape index (κ2) is 16.1. The predicted molar refractivity (Wildman–Crippen MR) is 170 cm³/mol. The Labute approximate surface area is 258 Å². The first-order valence-corrected chi connectivity index (χ1v) is 16.6. The van der Waals surface area contributed by atoms with Crippen LogP contribution in [0.2, 0.25) is 0 Å². The summed E-state index contributed by atoms with van der Waals surface area (Å²) in [5.41, 5.74) is 4.92. The van der Waals surface area contributed by atoms with Crippen LogP contribution in [0.5, 0.6) is 0 Å². The first-order valence-electron chi connectivity index (χ1n) is 14.7. The maximum absolute atomic E-state index is 13.8. The van der Waals surface area contributed by atoms with Gasteiger partial charge in [-0.3, -0.25) is 19.2 Å². The number of nitrogens with one attached hydrogen (secondary N) is 3. The van der Waals surface area contributed by atoms with E-state index in [1.165, 1.54) is 13.8 Å². The van der Waals surface area contributed by atoms with Crippen LogP contribution in [0.1, 0.15) is 77.5 Å². The second-order valence-corrected chi connectivity index (χ2v) is 14.0. The Balaban J connectivity index is 1.55. The molecule has 0 spiro atoms. The molecule has 42 heavy (non-hydrogen) atoms. The van der Waals surface area contributed by atoms with Gasteiger partial charge in [-0.15, -0.1) is 11.3 Å². The largest absolute Gasteiger partial charge is 0.356 e. The number of carbonyl (C=O) groups excluding carboxylic acids is 4. The van der Waals surface area contributed by atoms with Gasteiger partial charge in [0.2, 0.25) is 23.6 Å². The Morgan fingerprint density at radius 2 is 1.76 bits per heavy atom. The van der Waals surface area contributed by atoms with Crippen LogP contribution in [0.4, 0.5) is 0 Å². The van der Waals surface area contributed by atoms with Gasteiger partial charge in [-0.1, -0.05) is 37.1 Å². The molecule has 2 unspecified atom stereocenters. The Morgan fingerprint density at radius 3 is 2.40 bits per heavy atom. The van der Waals surface area contributed by atoms with E-state index in [-0.39, 0.29) is 23.6 Å². The molecule has 0 radical (unpaired) electrons. The van der Waals surface area contributed by atoms with Crippen LogP contribution in [0.3, 0.4) is 0 Å². The monoisotopic (exact) mass is 615 g/mol. The summed E-state index contributed by atoms with van der Waals surface area (Å²) in [4.78, 5) is 57.3. The van der Waals surface area contributed by atoms with E-state index in [2.05, 4.69) is 20.9 Å². The van der Waals surface area contributed by atoms with E-state index in [0.717, 1.165) is 59.6 Å². The molecule has 2 aromatic rings. The number of aryl methyl sites for hydroxylation is 1. The quantitative estimate of drug-likeness (QED) is 0.255. The lowest BCUT2D eigenvalue weighted by atomic mass is 10.0. The third-order valence-electron chi connectivity index (χ3n) is 7.48. The number of aromatic nitrogens is 1. The highest BCUT2D eigenvalue weighted by Crippen LogP contribution is 2.32. The van der Waals surface area contributed by atoms with Gasteiger partial charge in [0.1, 0.15) is 12.1 Å². The molecule has 1 saturated heterocycles. The van der Waals surface area contributed by atoms with Crippen molar-refractivity contribution >= 4 is 46.7 Å². The average Bonchev–Trinajstić information content (AvgIpc) is 3.61. The van der Waals surface area contributed by atoms with Crippen molar-refractivity contribution in [2.75, 3.05) is 18.8 Å². The van der Waals surface area contributed by atoms with Gasteiger partial charge in [-0.2, -0.15) is 11.8 Å². The highest BCUT2D eigenvalue weighted by atomic mass is 32.2. The van der Waals surface area contributed by atoms with E-state index >= 15 is 0 Å². The zero-order chi connectivity index (χ0) is 30.7. The SMILES string of the molecule is CC(=O)NCCCCCCSC(C)(C)C(NC(C)=O)C(=O)N1CCCC1C(=O)NCc1ccc(-c2scnc2C)cc1. The van der Waals surface area contributed by atoms with Crippen LogP contribution in [-0.2, 0) is 25.7 Å². The van der Waals surface area contributed by atoms with Gasteiger partial charge in [0.15, 0.2) is 0 Å². The van der Waals surface area contributed by atoms with E-state index in [9.17, 15) is 19.2 Å². The van der Waals surface area contributed by atoms with Gasteiger partial charge >= 0.3 is 0 Å². The standard InChI is InChI=1S/C31H45N5O4S2/c1-21-27(41-20-34-21)25-14-12-24(13-15-25)19-33-29(39)26-11-10-17-36(26)30(40)28(35-23(3)38)31(4,5)42-18-9-7-6-8-16-32-22(2)37/h12-15,20,26,28H,6-11,16-19H2,1-5H3,(H,32,37)(H,33,39)(H,35,38). The van der Waals surface area contributed by atoms with E-state index in [1.807, 2.05) is 50.5 Å². The van der Waals surface area contributed by atoms with Crippen molar-refractivity contribution in [3.8, 4) is 10.4 Å². The number of rotatable bonds is 15. The van der Waals surface area contributed by atoms with E-state index in [4.69, 9.17) is 0 Å². The fourth-order valence-corrected chi connectivity index (χ4v) is 7.14. The number of carbonyl (C=O) groups is 4. The van der Waals surface area contributed by atoms with Gasteiger partial charge < -0.3 is 20.9 Å². The van der Waals surface area contributed by atoms with Gasteiger partial charge in [0.05, 0.1) is 16.1 Å². The predicted octanol–water partition coefficient (Wildman–Crippen LogP) is 4.44. The van der Waals surface area contributed by atoms with E-state index < -0.39 is 16.8 Å². The summed E-state index contributed by atoms with van der Waals surface area (Å²) in [7, 11) is 0. The highest BCUT2D eigenvalue weighted by molar-refractivity contribution is 8.00. The van der Waals surface area contributed by atoms with Crippen LogP contribution < -0.4 is 16.0 Å². The number of unbranched alkanes of at least 4 members (excludes halogenated alkanes) is 3. The van der Waals surface area contributed by atoms with Crippen LogP contribution in [0.25, 0.3) is 10.4 Å². The maximum atomic E-state index is 13.8. The lowest BCUT2D eigenvalue weighted by Gasteiger charge is -2.37. The molecule has 1 aromatic carbocycles. The minimum Gasteiger partial charge on any atom is -0.356 e. The number of hydrogen-bond acceptors (Lipinski definition) is 7. The fraction of sp³-hybridized carbons (Fsp3) is 0.581. The van der Waals surface area contributed by atoms with Crippen LogP contribution >= 0.6 is 23.1 Å². The summed E-state index contributed by atoms with van der Waals surface area (Å²) in [6.45, 7) is 10.5. The molecule has 11 heteroatoms. The molecule has 1 aromatic heterocycles. The summed E-state index contributed by atoms with van der Waals surface area (Å²) in [6, 6.07) is 6.78. The molecule has 4 amide bonds. The highest BCUT2D eigenvalue weighted by Gasteiger charge is 2.43. The number of thiazole rings is 1. The van der Waals surface area contributed by atoms with Crippen molar-refractivity contribution in [3.05, 3.63) is 41.0 Å². The lowest BCUT2D eigenvalue weighted by Crippen LogP contribution is -2.59. The second-order valence-electron chi connectivity index (χ2n) is 11.4. The van der Waals surface area contributed by atoms with Crippen molar-refractivity contribution in [1.82, 2.24) is 25.8 Å². The van der Waals surface area contributed by atoms with Crippen molar-refractivity contribution in [1.29, 1.82) is 0 Å². The van der Waals surface area contributed by atoms with Crippen molar-refractivity contribution in [2.45, 2.75) is 96.5 Å². The minimum absolute atomic E-state index is 0.00775. The summed E-state index contributed by atoms with van der Waals surface area (Å²) >= 11 is 3.27. The zero-order valence-corrected chi connectivity index (χ0v) is 27.1. The molecule has 0 saturated carbocycles. The molecule has 3 rings (SSSR count). The number of thioether (sulfide) groups is 1. The molecule has 1 aliphatic rings. The van der Waals surface area contributed by atoms with Crippen LogP contribution in [-0.4, -0.2) is 69.2 Å². The summed E-state index contributed by atoms with van der Waals surface area (Å²) in [5.74, 6) is 0.195. The van der Waals surface area contributed by atoms with Gasteiger partial charge in [-0.25, -0.2) is 4.98 Å². The van der Waals surface area contributed by atoms with E-state index in [1.54, 1.807) is 28.0 Å². The number of likely N-dealkylation sites (tertiary alicyclic amines) is 1. The third kappa shape index (κ3) is 9.83. The zero-order valence-electron chi connectivity index (χ0n) is 25.5. The lowest BCUT2D eigenvalue weighted by molar-refractivity contribution is -0.141. The summed E-state index contributed by atoms with van der Waals surface area (Å²) in [5, 5.41) is 8.72. The third-order valence-corrected chi connectivity index (χ3v) is 9.93. The molecule has 2 atom stereocenters. The van der Waals surface area contributed by atoms with E-state index in [0.29, 0.717) is 26.1 Å². The number of amides is 4. The maximum Gasteiger partial charge on any atom is 0.247 e. The Hall–Kier alpha value is -2.92. The molecule has 3 N–H and O–H groups in total. The molecule has 1 aliphatic heterocycles. The topological polar surface area (TPSA) is 121 Å². The van der Waals surface area contributed by atoms with Crippen LogP contribution in [0, 0.1) is 6.92 Å². The van der Waals surface area contributed by atoms with Crippen LogP contribution in [0.15, 0.2) is 29.8 Å². The molecule has 230 valence electrons. The number of benzene rings is 1. The molecule has 2 heterocycles. The first kappa shape index (κ1) is 33.6. The number of nitrogens with zero attached hydrogens (tertiary/aromatic N) is 2. The first-order chi connectivity index (χ1) is 20.0. The Morgan fingerprint density at radius 1 is 1.05 bits per heavy atom. The minimum atomic E-state index is -0.740. The number of hydrogen-bond donors (Lipinski definition) is 3. The summed E-state index contributed by atoms with van der Waals surface area (Å²) < 4.78 is -0.555. The van der Waals surface area contributed by atoms with Gasteiger partial charge in [-0.05, 0) is 63.3 Å². The molecule has 9 nitrogen and oxygen atoms in total. The Kier molecular flexibility index (Phi) is 12.8. The van der Waals surface area contributed by atoms with Gasteiger partial charge in [0.25, 0.3) is 0 Å². The average molecular weight is 616 g/mol. The fourth-order valence-electron chi connectivity index (χ4n) is 5.13.